The molecule has 1 aromatic rings. The van der Waals surface area contributed by atoms with Gasteiger partial charge in [0.05, 0.1) is 11.6 Å². The van der Waals surface area contributed by atoms with E-state index in [1.807, 2.05) is 24.8 Å². The quantitative estimate of drug-likeness (QED) is 0.606. The average molecular weight is 233 g/mol. The summed E-state index contributed by atoms with van der Waals surface area (Å²) < 4.78 is 0. The van der Waals surface area contributed by atoms with Crippen LogP contribution in [0.4, 0.5) is 5.82 Å². The van der Waals surface area contributed by atoms with E-state index in [0.29, 0.717) is 5.56 Å². The number of hydrogen-bond donors (Lipinski definition) is 1. The Morgan fingerprint density at radius 1 is 1.62 bits per heavy atom. The minimum Gasteiger partial charge on any atom is -0.369 e. The first-order valence-electron chi connectivity index (χ1n) is 5.07. The van der Waals surface area contributed by atoms with Crippen LogP contribution in [0.5, 0.6) is 0 Å². The minimum absolute atomic E-state index is 0.647. The van der Waals surface area contributed by atoms with E-state index in [4.69, 9.17) is 5.26 Å². The molecule has 0 spiro atoms. The molecule has 16 heavy (non-hydrogen) atoms. The number of hydrogen-bond acceptors (Lipinski definition) is 4. The van der Waals surface area contributed by atoms with Gasteiger partial charge in [0.25, 0.3) is 0 Å². The molecular weight excluding hydrogens is 218 g/mol. The zero-order valence-electron chi connectivity index (χ0n) is 9.36. The molecule has 0 aliphatic rings. The highest BCUT2D eigenvalue weighted by Gasteiger charge is 1.98. The summed E-state index contributed by atoms with van der Waals surface area (Å²) in [6.45, 7) is 6.40. The molecule has 3 nitrogen and oxygen atoms in total. The molecule has 0 amide bonds. The van der Waals surface area contributed by atoms with Gasteiger partial charge in [0, 0.05) is 23.7 Å². The van der Waals surface area contributed by atoms with E-state index in [2.05, 4.69) is 22.9 Å². The van der Waals surface area contributed by atoms with E-state index in [1.54, 1.807) is 12.1 Å². The number of aromatic nitrogens is 1. The van der Waals surface area contributed by atoms with Gasteiger partial charge in [-0.1, -0.05) is 6.08 Å². The number of rotatable bonds is 6. The lowest BCUT2D eigenvalue weighted by molar-refractivity contribution is 1.13. The molecule has 0 saturated carbocycles. The van der Waals surface area contributed by atoms with E-state index < -0.39 is 0 Å². The van der Waals surface area contributed by atoms with E-state index in [0.717, 1.165) is 29.6 Å². The lowest BCUT2D eigenvalue weighted by atomic mass is 10.2. The van der Waals surface area contributed by atoms with E-state index in [9.17, 15) is 0 Å². The van der Waals surface area contributed by atoms with Crippen LogP contribution < -0.4 is 5.32 Å². The molecular formula is C12H15N3S. The van der Waals surface area contributed by atoms with Crippen LogP contribution in [0.25, 0.3) is 0 Å². The van der Waals surface area contributed by atoms with Gasteiger partial charge < -0.3 is 5.32 Å². The summed E-state index contributed by atoms with van der Waals surface area (Å²) >= 11 is 1.81. The smallest absolute Gasteiger partial charge is 0.127 e. The zero-order valence-corrected chi connectivity index (χ0v) is 10.2. The summed E-state index contributed by atoms with van der Waals surface area (Å²) in [5.74, 6) is 2.74. The number of nitrogens with zero attached hydrogens (tertiary/aromatic N) is 2. The number of pyridine rings is 1. The highest BCUT2D eigenvalue weighted by atomic mass is 32.2. The van der Waals surface area contributed by atoms with Gasteiger partial charge in [-0.15, -0.1) is 6.58 Å². The third-order valence-electron chi connectivity index (χ3n) is 1.87. The Morgan fingerprint density at radius 2 is 2.44 bits per heavy atom. The fourth-order valence-electron chi connectivity index (χ4n) is 1.24. The van der Waals surface area contributed by atoms with Crippen molar-refractivity contribution in [1.29, 1.82) is 5.26 Å². The first kappa shape index (κ1) is 12.6. The number of anilines is 1. The van der Waals surface area contributed by atoms with Gasteiger partial charge in [0.2, 0.25) is 0 Å². The predicted octanol–water partition coefficient (Wildman–Crippen LogP) is 2.59. The summed E-state index contributed by atoms with van der Waals surface area (Å²) in [5.41, 5.74) is 1.51. The van der Waals surface area contributed by atoms with Crippen molar-refractivity contribution in [2.24, 2.45) is 0 Å². The standard InChI is InChI=1S/C12H15N3S/c1-3-5-16-6-4-14-12-8-11(9-13)7-10(2)15-12/h3,7-8H,1,4-6H2,2H3,(H,14,15). The van der Waals surface area contributed by atoms with E-state index in [1.165, 1.54) is 0 Å². The van der Waals surface area contributed by atoms with Crippen LogP contribution in [-0.4, -0.2) is 23.0 Å². The minimum atomic E-state index is 0.647. The van der Waals surface area contributed by atoms with Crippen molar-refractivity contribution in [3.63, 3.8) is 0 Å². The highest BCUT2D eigenvalue weighted by Crippen LogP contribution is 2.09. The van der Waals surface area contributed by atoms with Gasteiger partial charge in [-0.2, -0.15) is 17.0 Å². The maximum atomic E-state index is 8.81. The van der Waals surface area contributed by atoms with Gasteiger partial charge in [-0.3, -0.25) is 0 Å². The molecule has 0 aliphatic heterocycles. The molecule has 84 valence electrons. The molecule has 0 unspecified atom stereocenters. The van der Waals surface area contributed by atoms with Crippen LogP contribution in [0.1, 0.15) is 11.3 Å². The molecule has 1 aromatic heterocycles. The summed E-state index contributed by atoms with van der Waals surface area (Å²) in [4.78, 5) is 4.31. The first-order chi connectivity index (χ1) is 7.76. The Hall–Kier alpha value is -1.47. The van der Waals surface area contributed by atoms with Gasteiger partial charge in [-0.05, 0) is 19.1 Å². The Bertz CT molecular complexity index is 396. The van der Waals surface area contributed by atoms with Crippen molar-refractivity contribution in [3.05, 3.63) is 36.0 Å². The van der Waals surface area contributed by atoms with Crippen molar-refractivity contribution < 1.29 is 0 Å². The largest absolute Gasteiger partial charge is 0.369 e. The van der Waals surface area contributed by atoms with Crippen LogP contribution in [0.3, 0.4) is 0 Å². The molecule has 0 aromatic carbocycles. The van der Waals surface area contributed by atoms with Crippen molar-refractivity contribution in [3.8, 4) is 6.07 Å². The number of aryl methyl sites for hydroxylation is 1. The average Bonchev–Trinajstić information content (AvgIpc) is 2.28. The predicted molar refractivity (Wildman–Crippen MR) is 69.7 cm³/mol. The van der Waals surface area contributed by atoms with Crippen molar-refractivity contribution >= 4 is 17.6 Å². The zero-order chi connectivity index (χ0) is 11.8. The van der Waals surface area contributed by atoms with Gasteiger partial charge in [0.1, 0.15) is 5.82 Å². The Balaban J connectivity index is 2.45. The first-order valence-corrected chi connectivity index (χ1v) is 6.23. The maximum absolute atomic E-state index is 8.81. The topological polar surface area (TPSA) is 48.7 Å². The van der Waals surface area contributed by atoms with Crippen molar-refractivity contribution in [1.82, 2.24) is 4.98 Å². The molecule has 0 aliphatic carbocycles. The van der Waals surface area contributed by atoms with Crippen LogP contribution in [0, 0.1) is 18.3 Å². The summed E-state index contributed by atoms with van der Waals surface area (Å²) in [7, 11) is 0. The van der Waals surface area contributed by atoms with Crippen LogP contribution in [0.2, 0.25) is 0 Å². The van der Waals surface area contributed by atoms with E-state index in [-0.39, 0.29) is 0 Å². The second kappa shape index (κ2) is 6.91. The van der Waals surface area contributed by atoms with E-state index >= 15 is 0 Å². The monoisotopic (exact) mass is 233 g/mol. The second-order valence-electron chi connectivity index (χ2n) is 3.28. The molecule has 0 atom stereocenters. The highest BCUT2D eigenvalue weighted by molar-refractivity contribution is 7.99. The molecule has 4 heteroatoms. The third-order valence-corrected chi connectivity index (χ3v) is 2.83. The molecule has 1 rings (SSSR count). The van der Waals surface area contributed by atoms with Gasteiger partial charge in [0.15, 0.2) is 0 Å². The van der Waals surface area contributed by atoms with Crippen LogP contribution >= 0.6 is 11.8 Å². The fourth-order valence-corrected chi connectivity index (χ4v) is 1.82. The number of thioether (sulfide) groups is 1. The molecule has 1 heterocycles. The lowest BCUT2D eigenvalue weighted by Gasteiger charge is -2.06. The Kier molecular flexibility index (Phi) is 5.44. The second-order valence-corrected chi connectivity index (χ2v) is 4.43. The van der Waals surface area contributed by atoms with Crippen molar-refractivity contribution in [2.45, 2.75) is 6.92 Å². The molecule has 0 bridgehead atoms. The molecule has 1 N–H and O–H groups in total. The van der Waals surface area contributed by atoms with Crippen LogP contribution in [0.15, 0.2) is 24.8 Å². The summed E-state index contributed by atoms with van der Waals surface area (Å²) in [6.07, 6.45) is 1.89. The Labute approximate surface area is 101 Å². The lowest BCUT2D eigenvalue weighted by Crippen LogP contribution is -2.06. The fraction of sp³-hybridized carbons (Fsp3) is 0.333. The van der Waals surface area contributed by atoms with Crippen LogP contribution in [-0.2, 0) is 0 Å². The third kappa shape index (κ3) is 4.37. The van der Waals surface area contributed by atoms with Gasteiger partial charge in [-0.25, -0.2) is 4.98 Å². The SMILES string of the molecule is C=CCSCCNc1cc(C#N)cc(C)n1. The number of nitriles is 1. The van der Waals surface area contributed by atoms with Crippen molar-refractivity contribution in [2.75, 3.05) is 23.4 Å². The molecule has 0 saturated heterocycles. The normalized spacial score (nSPS) is 9.50. The molecule has 0 radical (unpaired) electrons. The van der Waals surface area contributed by atoms with Gasteiger partial charge >= 0.3 is 0 Å². The Morgan fingerprint density at radius 3 is 3.12 bits per heavy atom. The number of nitrogens with one attached hydrogen (secondary N) is 1. The maximum Gasteiger partial charge on any atom is 0.127 e. The molecule has 0 fully saturated rings. The summed E-state index contributed by atoms with van der Waals surface area (Å²) in [6, 6.07) is 5.66. The summed E-state index contributed by atoms with van der Waals surface area (Å²) in [5, 5.41) is 12.0.